The molecule has 0 bridgehead atoms. The van der Waals surface area contributed by atoms with E-state index >= 15 is 0 Å². The summed E-state index contributed by atoms with van der Waals surface area (Å²) < 4.78 is 0. The van der Waals surface area contributed by atoms with Gasteiger partial charge >= 0.3 is 0 Å². The zero-order valence-electron chi connectivity index (χ0n) is 13.0. The summed E-state index contributed by atoms with van der Waals surface area (Å²) in [5.74, 6) is 0. The standard InChI is InChI=1S/C18H28N2O/c21-15-17-7-5-16(6-8-17)14-19-10-3-4-18(9-13-19)20-11-1-2-12-20/h5-8,18,21H,1-4,9-15H2. The third-order valence-electron chi connectivity index (χ3n) is 5.06. The predicted molar refractivity (Wildman–Crippen MR) is 86.1 cm³/mol. The molecule has 0 spiro atoms. The monoisotopic (exact) mass is 288 g/mol. The van der Waals surface area contributed by atoms with Crippen LogP contribution in [0.4, 0.5) is 0 Å². The molecule has 1 unspecified atom stereocenters. The van der Waals surface area contributed by atoms with Gasteiger partial charge in [0.1, 0.15) is 0 Å². The molecule has 2 fully saturated rings. The van der Waals surface area contributed by atoms with Crippen molar-refractivity contribution in [3.63, 3.8) is 0 Å². The van der Waals surface area contributed by atoms with Gasteiger partial charge in [0.2, 0.25) is 0 Å². The first-order chi connectivity index (χ1) is 10.3. The van der Waals surface area contributed by atoms with Gasteiger partial charge in [-0.2, -0.15) is 0 Å². The molecule has 3 nitrogen and oxygen atoms in total. The van der Waals surface area contributed by atoms with E-state index < -0.39 is 0 Å². The molecule has 0 aliphatic carbocycles. The maximum absolute atomic E-state index is 9.11. The van der Waals surface area contributed by atoms with E-state index in [4.69, 9.17) is 5.11 Å². The number of aliphatic hydroxyl groups excluding tert-OH is 1. The lowest BCUT2D eigenvalue weighted by atomic mass is 10.1. The van der Waals surface area contributed by atoms with Crippen LogP contribution in [0.5, 0.6) is 0 Å². The minimum Gasteiger partial charge on any atom is -0.392 e. The van der Waals surface area contributed by atoms with Crippen LogP contribution < -0.4 is 0 Å². The first-order valence-electron chi connectivity index (χ1n) is 8.50. The van der Waals surface area contributed by atoms with Gasteiger partial charge in [0.05, 0.1) is 6.61 Å². The molecular weight excluding hydrogens is 260 g/mol. The van der Waals surface area contributed by atoms with E-state index in [9.17, 15) is 0 Å². The second kappa shape index (κ2) is 7.39. The lowest BCUT2D eigenvalue weighted by Gasteiger charge is -2.26. The molecule has 2 aliphatic rings. The summed E-state index contributed by atoms with van der Waals surface area (Å²) in [4.78, 5) is 5.32. The summed E-state index contributed by atoms with van der Waals surface area (Å²) in [6.45, 7) is 6.30. The number of hydrogen-bond donors (Lipinski definition) is 1. The summed E-state index contributed by atoms with van der Waals surface area (Å²) >= 11 is 0. The van der Waals surface area contributed by atoms with Gasteiger partial charge in [-0.3, -0.25) is 4.90 Å². The fraction of sp³-hybridized carbons (Fsp3) is 0.667. The second-order valence-electron chi connectivity index (χ2n) is 6.58. The molecule has 2 saturated heterocycles. The molecular formula is C18H28N2O. The van der Waals surface area contributed by atoms with Crippen molar-refractivity contribution in [3.05, 3.63) is 35.4 Å². The van der Waals surface area contributed by atoms with Crippen LogP contribution in [0.1, 0.15) is 43.2 Å². The molecule has 0 amide bonds. The van der Waals surface area contributed by atoms with Crippen LogP contribution in [0.25, 0.3) is 0 Å². The Morgan fingerprint density at radius 1 is 0.857 bits per heavy atom. The molecule has 1 N–H and O–H groups in total. The van der Waals surface area contributed by atoms with Crippen LogP contribution in [0.3, 0.4) is 0 Å². The van der Waals surface area contributed by atoms with E-state index in [0.29, 0.717) is 0 Å². The Morgan fingerprint density at radius 2 is 1.57 bits per heavy atom. The molecule has 1 aromatic rings. The van der Waals surface area contributed by atoms with Crippen molar-refractivity contribution >= 4 is 0 Å². The highest BCUT2D eigenvalue weighted by molar-refractivity contribution is 5.21. The van der Waals surface area contributed by atoms with E-state index in [-0.39, 0.29) is 6.61 Å². The van der Waals surface area contributed by atoms with Crippen molar-refractivity contribution in [2.75, 3.05) is 26.2 Å². The molecule has 3 rings (SSSR count). The van der Waals surface area contributed by atoms with Gasteiger partial charge in [-0.25, -0.2) is 0 Å². The Bertz CT molecular complexity index is 425. The highest BCUT2D eigenvalue weighted by Crippen LogP contribution is 2.22. The topological polar surface area (TPSA) is 26.7 Å². The number of rotatable bonds is 4. The van der Waals surface area contributed by atoms with Gasteiger partial charge < -0.3 is 10.0 Å². The van der Waals surface area contributed by atoms with Gasteiger partial charge in [-0.1, -0.05) is 24.3 Å². The van der Waals surface area contributed by atoms with Gasteiger partial charge in [0, 0.05) is 12.6 Å². The fourth-order valence-corrected chi connectivity index (χ4v) is 3.78. The third-order valence-corrected chi connectivity index (χ3v) is 5.06. The summed E-state index contributed by atoms with van der Waals surface area (Å²) in [6.07, 6.45) is 6.83. The maximum Gasteiger partial charge on any atom is 0.0681 e. The molecule has 0 saturated carbocycles. The minimum atomic E-state index is 0.140. The normalized spacial score (nSPS) is 25.1. The number of benzene rings is 1. The first kappa shape index (κ1) is 15.0. The largest absolute Gasteiger partial charge is 0.392 e. The molecule has 3 heteroatoms. The average molecular weight is 288 g/mol. The Morgan fingerprint density at radius 3 is 2.29 bits per heavy atom. The first-order valence-corrected chi connectivity index (χ1v) is 8.50. The van der Waals surface area contributed by atoms with Crippen molar-refractivity contribution in [1.29, 1.82) is 0 Å². The molecule has 0 radical (unpaired) electrons. The number of hydrogen-bond acceptors (Lipinski definition) is 3. The average Bonchev–Trinajstić information content (AvgIpc) is 2.96. The Hall–Kier alpha value is -0.900. The number of aliphatic hydroxyl groups is 1. The van der Waals surface area contributed by atoms with Crippen LogP contribution in [-0.4, -0.2) is 47.1 Å². The number of likely N-dealkylation sites (tertiary alicyclic amines) is 2. The van der Waals surface area contributed by atoms with Gasteiger partial charge in [-0.05, 0) is 69.4 Å². The fourth-order valence-electron chi connectivity index (χ4n) is 3.78. The highest BCUT2D eigenvalue weighted by atomic mass is 16.3. The van der Waals surface area contributed by atoms with Crippen molar-refractivity contribution in [2.45, 2.75) is 51.3 Å². The van der Waals surface area contributed by atoms with Crippen LogP contribution in [0.15, 0.2) is 24.3 Å². The second-order valence-corrected chi connectivity index (χ2v) is 6.58. The molecule has 21 heavy (non-hydrogen) atoms. The molecule has 2 aliphatic heterocycles. The van der Waals surface area contributed by atoms with Crippen LogP contribution in [0.2, 0.25) is 0 Å². The van der Waals surface area contributed by atoms with Crippen LogP contribution in [-0.2, 0) is 13.2 Å². The molecule has 116 valence electrons. The highest BCUT2D eigenvalue weighted by Gasteiger charge is 2.24. The third kappa shape index (κ3) is 4.06. The van der Waals surface area contributed by atoms with Crippen molar-refractivity contribution < 1.29 is 5.11 Å². The zero-order valence-corrected chi connectivity index (χ0v) is 13.0. The Kier molecular flexibility index (Phi) is 5.28. The summed E-state index contributed by atoms with van der Waals surface area (Å²) in [7, 11) is 0. The number of nitrogens with zero attached hydrogens (tertiary/aromatic N) is 2. The summed E-state index contributed by atoms with van der Waals surface area (Å²) in [6, 6.07) is 9.23. The van der Waals surface area contributed by atoms with Crippen LogP contribution in [0, 0.1) is 0 Å². The van der Waals surface area contributed by atoms with Crippen molar-refractivity contribution in [2.24, 2.45) is 0 Å². The van der Waals surface area contributed by atoms with E-state index in [1.54, 1.807) is 0 Å². The lowest BCUT2D eigenvalue weighted by Crippen LogP contribution is -2.33. The van der Waals surface area contributed by atoms with Gasteiger partial charge in [0.15, 0.2) is 0 Å². The van der Waals surface area contributed by atoms with Gasteiger partial charge in [0.25, 0.3) is 0 Å². The minimum absolute atomic E-state index is 0.140. The summed E-state index contributed by atoms with van der Waals surface area (Å²) in [5.41, 5.74) is 2.37. The van der Waals surface area contributed by atoms with E-state index in [1.807, 2.05) is 12.1 Å². The van der Waals surface area contributed by atoms with E-state index in [0.717, 1.165) is 18.2 Å². The Balaban J connectivity index is 1.52. The molecule has 2 heterocycles. The van der Waals surface area contributed by atoms with Crippen LogP contribution >= 0.6 is 0 Å². The SMILES string of the molecule is OCc1ccc(CN2CCCC(N3CCCC3)CC2)cc1. The smallest absolute Gasteiger partial charge is 0.0681 e. The zero-order chi connectivity index (χ0) is 14.5. The van der Waals surface area contributed by atoms with Crippen molar-refractivity contribution in [3.8, 4) is 0 Å². The molecule has 0 aromatic heterocycles. The quantitative estimate of drug-likeness (QED) is 0.922. The summed E-state index contributed by atoms with van der Waals surface area (Å²) in [5, 5.41) is 9.11. The predicted octanol–water partition coefficient (Wildman–Crippen LogP) is 2.63. The maximum atomic E-state index is 9.11. The van der Waals surface area contributed by atoms with Gasteiger partial charge in [-0.15, -0.1) is 0 Å². The Labute approximate surface area is 128 Å². The van der Waals surface area contributed by atoms with Crippen molar-refractivity contribution in [1.82, 2.24) is 9.80 Å². The lowest BCUT2D eigenvalue weighted by molar-refractivity contribution is 0.213. The molecule has 1 aromatic carbocycles. The molecule has 1 atom stereocenters. The van der Waals surface area contributed by atoms with E-state index in [2.05, 4.69) is 21.9 Å². The van der Waals surface area contributed by atoms with E-state index in [1.165, 1.54) is 63.8 Å².